The number of ether oxygens (including phenoxy) is 1. The van der Waals surface area contributed by atoms with Crippen molar-refractivity contribution < 1.29 is 14.5 Å². The first kappa shape index (κ1) is 37.5. The fourth-order valence-corrected chi connectivity index (χ4v) is 12.6. The highest BCUT2D eigenvalue weighted by Crippen LogP contribution is 2.70. The predicted molar refractivity (Wildman–Crippen MR) is 215 cm³/mol. The van der Waals surface area contributed by atoms with Crippen molar-refractivity contribution in [3.05, 3.63) is 89.5 Å². The molecular formula is C49H68O3. The summed E-state index contributed by atoms with van der Waals surface area (Å²) in [6, 6.07) is 25.6. The summed E-state index contributed by atoms with van der Waals surface area (Å²) in [5.74, 6) is 8.67. The molecule has 7 rings (SSSR count). The third-order valence-corrected chi connectivity index (χ3v) is 15.6. The summed E-state index contributed by atoms with van der Waals surface area (Å²) in [5.41, 5.74) is 4.97. The van der Waals surface area contributed by atoms with Crippen molar-refractivity contribution in [2.45, 2.75) is 137 Å². The van der Waals surface area contributed by atoms with E-state index in [0.717, 1.165) is 65.1 Å². The summed E-state index contributed by atoms with van der Waals surface area (Å²) in [6.45, 7) is 17.7. The van der Waals surface area contributed by atoms with Gasteiger partial charge >= 0.3 is 0 Å². The number of hydrogen-bond acceptors (Lipinski definition) is 3. The number of fused-ring (bicyclic) bond motifs is 5. The van der Waals surface area contributed by atoms with Crippen LogP contribution in [0.4, 0.5) is 0 Å². The van der Waals surface area contributed by atoms with Gasteiger partial charge in [-0.1, -0.05) is 101 Å². The van der Waals surface area contributed by atoms with Crippen molar-refractivity contribution in [3.8, 4) is 17.2 Å². The summed E-state index contributed by atoms with van der Waals surface area (Å²) in [7, 11) is 0. The summed E-state index contributed by atoms with van der Waals surface area (Å²) < 4.78 is 6.27. The SMILES string of the molecule is Cc1ccc(OOCCC2(c3ccc(Oc4ccc(C)cc4)cc3)CCC3(C)C(CCC4C3CCC3(C)C(C(C)CCCC(C)C)CCC43)C2)cc1. The molecular weight excluding hydrogens is 637 g/mol. The minimum atomic E-state index is 0.0725. The van der Waals surface area contributed by atoms with E-state index in [1.807, 2.05) is 12.1 Å². The van der Waals surface area contributed by atoms with Gasteiger partial charge in [-0.15, -0.1) is 0 Å². The first-order chi connectivity index (χ1) is 25.0. The lowest BCUT2D eigenvalue weighted by Crippen LogP contribution is -2.55. The van der Waals surface area contributed by atoms with E-state index in [1.54, 1.807) is 0 Å². The molecule has 0 bridgehead atoms. The zero-order chi connectivity index (χ0) is 36.5. The van der Waals surface area contributed by atoms with Crippen LogP contribution in [0.5, 0.6) is 17.2 Å². The number of aryl methyl sites for hydroxylation is 2. The summed E-state index contributed by atoms with van der Waals surface area (Å²) >= 11 is 0. The van der Waals surface area contributed by atoms with Gasteiger partial charge in [0.15, 0.2) is 5.75 Å². The van der Waals surface area contributed by atoms with Gasteiger partial charge in [0.25, 0.3) is 0 Å². The van der Waals surface area contributed by atoms with Crippen molar-refractivity contribution in [1.82, 2.24) is 0 Å². The Morgan fingerprint density at radius 1 is 0.654 bits per heavy atom. The topological polar surface area (TPSA) is 27.7 Å². The van der Waals surface area contributed by atoms with Gasteiger partial charge in [0.1, 0.15) is 11.5 Å². The van der Waals surface area contributed by atoms with Gasteiger partial charge in [0.2, 0.25) is 0 Å². The van der Waals surface area contributed by atoms with E-state index in [-0.39, 0.29) is 5.41 Å². The number of hydrogen-bond donors (Lipinski definition) is 0. The molecule has 282 valence electrons. The first-order valence-electron chi connectivity index (χ1n) is 21.2. The molecule has 0 heterocycles. The molecule has 4 saturated carbocycles. The molecule has 0 N–H and O–H groups in total. The van der Waals surface area contributed by atoms with E-state index in [9.17, 15) is 0 Å². The van der Waals surface area contributed by atoms with E-state index < -0.39 is 0 Å². The molecule has 0 aliphatic heterocycles. The van der Waals surface area contributed by atoms with Crippen LogP contribution in [0.1, 0.15) is 135 Å². The Balaban J connectivity index is 1.07. The van der Waals surface area contributed by atoms with Crippen LogP contribution in [0.2, 0.25) is 0 Å². The summed E-state index contributed by atoms with van der Waals surface area (Å²) in [5, 5.41) is 0. The zero-order valence-corrected chi connectivity index (χ0v) is 33.6. The number of rotatable bonds is 13. The van der Waals surface area contributed by atoms with Crippen molar-refractivity contribution in [1.29, 1.82) is 0 Å². The highest BCUT2D eigenvalue weighted by molar-refractivity contribution is 5.37. The lowest BCUT2D eigenvalue weighted by atomic mass is 9.42. The average molecular weight is 705 g/mol. The molecule has 3 heteroatoms. The van der Waals surface area contributed by atoms with Crippen LogP contribution in [0.15, 0.2) is 72.8 Å². The quantitative estimate of drug-likeness (QED) is 0.101. The molecule has 3 aromatic carbocycles. The van der Waals surface area contributed by atoms with E-state index >= 15 is 0 Å². The standard InChI is InChI=1S/C49H68O3/c1-34(2)9-8-10-37(5)44-25-26-45-43-24-17-39-33-49(31-32-50-52-42-20-13-36(4)14-21-42,30-29-47(39,6)46(43)27-28-48(44,45)7)38-15-22-41(23-16-38)51-40-18-11-35(3)12-19-40/h11-16,18-23,34,37,39,43-46H,8-10,17,24-33H2,1-7H3. The van der Waals surface area contributed by atoms with Crippen molar-refractivity contribution >= 4 is 0 Å². The lowest BCUT2D eigenvalue weighted by molar-refractivity contribution is -0.212. The second-order valence-corrected chi connectivity index (χ2v) is 19.1. The number of benzene rings is 3. The van der Waals surface area contributed by atoms with Gasteiger partial charge in [0, 0.05) is 0 Å². The third kappa shape index (κ3) is 7.60. The van der Waals surface area contributed by atoms with Crippen molar-refractivity contribution in [2.75, 3.05) is 6.61 Å². The molecule has 0 spiro atoms. The Morgan fingerprint density at radius 3 is 1.96 bits per heavy atom. The molecule has 0 radical (unpaired) electrons. The molecule has 4 aliphatic carbocycles. The Morgan fingerprint density at radius 2 is 1.29 bits per heavy atom. The highest BCUT2D eigenvalue weighted by Gasteiger charge is 2.61. The average Bonchev–Trinajstić information content (AvgIpc) is 3.49. The molecule has 4 aliphatic rings. The van der Waals surface area contributed by atoms with Crippen LogP contribution in [-0.2, 0) is 10.3 Å². The molecule has 0 saturated heterocycles. The highest BCUT2D eigenvalue weighted by atomic mass is 17.2. The fourth-order valence-electron chi connectivity index (χ4n) is 12.6. The summed E-state index contributed by atoms with van der Waals surface area (Å²) in [6.07, 6.45) is 17.7. The van der Waals surface area contributed by atoms with E-state index in [2.05, 4.69) is 109 Å². The Hall–Kier alpha value is -2.78. The van der Waals surface area contributed by atoms with Crippen LogP contribution in [-0.4, -0.2) is 6.61 Å². The minimum Gasteiger partial charge on any atom is -0.457 e. The first-order valence-corrected chi connectivity index (χ1v) is 21.2. The predicted octanol–water partition coefficient (Wildman–Crippen LogP) is 13.9. The molecule has 0 aromatic heterocycles. The normalized spacial score (nSPS) is 33.2. The van der Waals surface area contributed by atoms with Crippen LogP contribution >= 0.6 is 0 Å². The van der Waals surface area contributed by atoms with Crippen LogP contribution in [0, 0.1) is 66.1 Å². The third-order valence-electron chi connectivity index (χ3n) is 15.6. The van der Waals surface area contributed by atoms with Crippen LogP contribution < -0.4 is 9.62 Å². The fraction of sp³-hybridized carbons (Fsp3) is 0.633. The maximum Gasteiger partial charge on any atom is 0.165 e. The van der Waals surface area contributed by atoms with Gasteiger partial charge in [-0.2, -0.15) is 4.89 Å². The maximum absolute atomic E-state index is 6.27. The maximum atomic E-state index is 6.27. The molecule has 9 atom stereocenters. The van der Waals surface area contributed by atoms with E-state index in [0.29, 0.717) is 17.4 Å². The van der Waals surface area contributed by atoms with Crippen LogP contribution in [0.3, 0.4) is 0 Å². The van der Waals surface area contributed by atoms with E-state index in [1.165, 1.54) is 93.7 Å². The Labute approximate surface area is 316 Å². The summed E-state index contributed by atoms with van der Waals surface area (Å²) in [4.78, 5) is 11.8. The van der Waals surface area contributed by atoms with Gasteiger partial charge in [0.05, 0.1) is 6.61 Å². The van der Waals surface area contributed by atoms with Crippen molar-refractivity contribution in [2.24, 2.45) is 52.3 Å². The Kier molecular flexibility index (Phi) is 11.2. The monoisotopic (exact) mass is 705 g/mol. The smallest absolute Gasteiger partial charge is 0.165 e. The zero-order valence-electron chi connectivity index (χ0n) is 33.6. The Bertz CT molecular complexity index is 1590. The molecule has 9 unspecified atom stereocenters. The van der Waals surface area contributed by atoms with Gasteiger partial charge in [-0.3, -0.25) is 0 Å². The molecule has 4 fully saturated rings. The molecule has 3 nitrogen and oxygen atoms in total. The second kappa shape index (κ2) is 15.5. The molecule has 52 heavy (non-hydrogen) atoms. The van der Waals surface area contributed by atoms with Gasteiger partial charge < -0.3 is 9.62 Å². The second-order valence-electron chi connectivity index (χ2n) is 19.1. The van der Waals surface area contributed by atoms with Gasteiger partial charge in [-0.05, 0) is 178 Å². The van der Waals surface area contributed by atoms with E-state index in [4.69, 9.17) is 14.5 Å². The van der Waals surface area contributed by atoms with Crippen LogP contribution in [0.25, 0.3) is 0 Å². The lowest BCUT2D eigenvalue weighted by Gasteiger charge is -2.63. The van der Waals surface area contributed by atoms with Gasteiger partial charge in [-0.25, -0.2) is 0 Å². The van der Waals surface area contributed by atoms with Crippen molar-refractivity contribution in [3.63, 3.8) is 0 Å². The molecule has 3 aromatic rings. The largest absolute Gasteiger partial charge is 0.457 e. The molecule has 0 amide bonds. The minimum absolute atomic E-state index is 0.0725.